The van der Waals surface area contributed by atoms with Crippen LogP contribution >= 0.6 is 0 Å². The third-order valence-electron chi connectivity index (χ3n) is 6.96. The number of amides is 1. The number of aliphatic hydroxyl groups excluding tert-OH is 1. The van der Waals surface area contributed by atoms with Crippen LogP contribution in [-0.2, 0) is 22.7 Å². The van der Waals surface area contributed by atoms with Crippen molar-refractivity contribution >= 4 is 17.4 Å². The number of carbonyl (C=O) groups excluding carboxylic acids is 2. The average molecular weight is 549 g/mol. The van der Waals surface area contributed by atoms with Crippen LogP contribution in [0.25, 0.3) is 5.76 Å². The number of pyridine rings is 1. The first-order valence-electron chi connectivity index (χ1n) is 13.7. The lowest BCUT2D eigenvalue weighted by atomic mass is 9.95. The Bertz CT molecular complexity index is 1520. The predicted molar refractivity (Wildman–Crippen MR) is 156 cm³/mol. The number of aliphatic hydroxyl groups is 1. The summed E-state index contributed by atoms with van der Waals surface area (Å²) in [6.07, 6.45) is 5.19. The third kappa shape index (κ3) is 6.47. The number of likely N-dealkylation sites (tertiary alicyclic amines) is 1. The summed E-state index contributed by atoms with van der Waals surface area (Å²) in [5.41, 5.74) is 2.99. The van der Waals surface area contributed by atoms with Crippen molar-refractivity contribution in [3.05, 3.63) is 131 Å². The first-order valence-corrected chi connectivity index (χ1v) is 13.7. The number of Topliss-reactive ketones (excluding diaryl/α,β-unsaturated/α-hetero) is 1. The summed E-state index contributed by atoms with van der Waals surface area (Å²) in [7, 11) is 0. The molecule has 1 saturated heterocycles. The Kier molecular flexibility index (Phi) is 8.74. The van der Waals surface area contributed by atoms with E-state index >= 15 is 0 Å². The zero-order valence-electron chi connectivity index (χ0n) is 22.9. The van der Waals surface area contributed by atoms with Gasteiger partial charge in [-0.15, -0.1) is 0 Å². The maximum atomic E-state index is 13.4. The second-order valence-electron chi connectivity index (χ2n) is 9.86. The van der Waals surface area contributed by atoms with Crippen LogP contribution in [0.2, 0.25) is 0 Å². The van der Waals surface area contributed by atoms with E-state index in [1.807, 2.05) is 54.6 Å². The number of carbonyl (C=O) groups is 2. The third-order valence-corrected chi connectivity index (χ3v) is 6.96. The van der Waals surface area contributed by atoms with E-state index in [0.717, 1.165) is 24.0 Å². The second-order valence-corrected chi connectivity index (χ2v) is 9.86. The number of hydrogen-bond donors (Lipinski definition) is 1. The van der Waals surface area contributed by atoms with Crippen LogP contribution in [0.15, 0.2) is 109 Å². The Hall–Kier alpha value is -4.91. The molecule has 2 heterocycles. The number of benzene rings is 3. The van der Waals surface area contributed by atoms with Gasteiger partial charge < -0.3 is 19.5 Å². The molecule has 0 aliphatic carbocycles. The van der Waals surface area contributed by atoms with Crippen LogP contribution in [0.3, 0.4) is 0 Å². The summed E-state index contributed by atoms with van der Waals surface area (Å²) in [6.45, 7) is 3.23. The van der Waals surface area contributed by atoms with E-state index in [1.165, 1.54) is 4.90 Å². The molecule has 1 unspecified atom stereocenters. The molecule has 1 aromatic heterocycles. The van der Waals surface area contributed by atoms with Crippen molar-refractivity contribution in [2.75, 3.05) is 6.61 Å². The van der Waals surface area contributed by atoms with E-state index < -0.39 is 17.7 Å². The van der Waals surface area contributed by atoms with Gasteiger partial charge in [-0.25, -0.2) is 0 Å². The SMILES string of the molecule is CCCCOc1cccc(/C(O)=C2\C(=O)C(=O)N(Cc3ccncc3)C2c2ccc(OCc3ccccc3)cc2)c1. The van der Waals surface area contributed by atoms with Gasteiger partial charge in [0.1, 0.15) is 23.9 Å². The molecule has 1 aliphatic heterocycles. The van der Waals surface area contributed by atoms with Gasteiger partial charge in [-0.1, -0.05) is 67.9 Å². The largest absolute Gasteiger partial charge is 0.507 e. The second kappa shape index (κ2) is 13.0. The Labute approximate surface area is 239 Å². The molecule has 3 aromatic carbocycles. The maximum absolute atomic E-state index is 13.4. The Balaban J connectivity index is 1.49. The molecule has 4 aromatic rings. The van der Waals surface area contributed by atoms with E-state index in [1.54, 1.807) is 48.8 Å². The Morgan fingerprint density at radius 3 is 2.34 bits per heavy atom. The van der Waals surface area contributed by atoms with Crippen LogP contribution in [-0.4, -0.2) is 33.3 Å². The van der Waals surface area contributed by atoms with Crippen molar-refractivity contribution < 1.29 is 24.2 Å². The molecule has 208 valence electrons. The molecule has 0 bridgehead atoms. The van der Waals surface area contributed by atoms with Gasteiger partial charge in [0.25, 0.3) is 11.7 Å². The molecule has 1 aliphatic rings. The lowest BCUT2D eigenvalue weighted by molar-refractivity contribution is -0.140. The van der Waals surface area contributed by atoms with Gasteiger partial charge in [0.05, 0.1) is 18.2 Å². The molecule has 7 heteroatoms. The highest BCUT2D eigenvalue weighted by Gasteiger charge is 2.46. The van der Waals surface area contributed by atoms with Crippen molar-refractivity contribution in [1.82, 2.24) is 9.88 Å². The normalized spacial score (nSPS) is 16.1. The minimum Gasteiger partial charge on any atom is -0.507 e. The molecule has 1 fully saturated rings. The number of rotatable bonds is 11. The van der Waals surface area contributed by atoms with Gasteiger partial charge in [0, 0.05) is 24.5 Å². The first-order chi connectivity index (χ1) is 20.0. The number of ether oxygens (including phenoxy) is 2. The molecule has 0 saturated carbocycles. The highest BCUT2D eigenvalue weighted by atomic mass is 16.5. The minimum atomic E-state index is -0.795. The van der Waals surface area contributed by atoms with Crippen LogP contribution in [0.1, 0.15) is 48.1 Å². The molecule has 5 rings (SSSR count). The fourth-order valence-electron chi connectivity index (χ4n) is 4.78. The van der Waals surface area contributed by atoms with Crippen LogP contribution < -0.4 is 9.47 Å². The van der Waals surface area contributed by atoms with Gasteiger partial charge in [-0.3, -0.25) is 14.6 Å². The molecule has 0 radical (unpaired) electrons. The highest BCUT2D eigenvalue weighted by Crippen LogP contribution is 2.41. The van der Waals surface area contributed by atoms with E-state index in [9.17, 15) is 14.7 Å². The van der Waals surface area contributed by atoms with Crippen LogP contribution in [0.4, 0.5) is 0 Å². The predicted octanol–water partition coefficient (Wildman–Crippen LogP) is 6.46. The number of unbranched alkanes of at least 4 members (excludes halogenated alkanes) is 1. The molecule has 7 nitrogen and oxygen atoms in total. The molecule has 41 heavy (non-hydrogen) atoms. The van der Waals surface area contributed by atoms with Gasteiger partial charge in [0.15, 0.2) is 0 Å². The zero-order valence-corrected chi connectivity index (χ0v) is 22.9. The average Bonchev–Trinajstić information content (AvgIpc) is 3.26. The standard InChI is InChI=1S/C34H32N2O5/c1-2-3-20-40-29-11-7-10-27(21-29)32(37)30-31(36(34(39)33(30)38)22-24-16-18-35-19-17-24)26-12-14-28(15-13-26)41-23-25-8-5-4-6-9-25/h4-19,21,31,37H,2-3,20,22-23H2,1H3/b32-30+. The fraction of sp³-hybridized carbons (Fsp3) is 0.206. The molecular weight excluding hydrogens is 516 g/mol. The summed E-state index contributed by atoms with van der Waals surface area (Å²) in [4.78, 5) is 32.4. The van der Waals surface area contributed by atoms with Crippen molar-refractivity contribution in [1.29, 1.82) is 0 Å². The molecular formula is C34H32N2O5. The quantitative estimate of drug-likeness (QED) is 0.100. The smallest absolute Gasteiger partial charge is 0.295 e. The Morgan fingerprint density at radius 2 is 1.61 bits per heavy atom. The van der Waals surface area contributed by atoms with Crippen LogP contribution in [0, 0.1) is 0 Å². The van der Waals surface area contributed by atoms with Gasteiger partial charge in [0.2, 0.25) is 0 Å². The summed E-state index contributed by atoms with van der Waals surface area (Å²) in [5.74, 6) is -0.405. The molecule has 1 N–H and O–H groups in total. The van der Waals surface area contributed by atoms with Gasteiger partial charge in [-0.2, -0.15) is 0 Å². The lowest BCUT2D eigenvalue weighted by Gasteiger charge is -2.25. The summed E-state index contributed by atoms with van der Waals surface area (Å²) in [6, 6.07) is 26.9. The molecule has 1 atom stereocenters. The summed E-state index contributed by atoms with van der Waals surface area (Å²) < 4.78 is 11.8. The van der Waals surface area contributed by atoms with E-state index in [-0.39, 0.29) is 17.9 Å². The van der Waals surface area contributed by atoms with Crippen molar-refractivity contribution in [3.8, 4) is 11.5 Å². The van der Waals surface area contributed by atoms with E-state index in [0.29, 0.717) is 35.8 Å². The zero-order chi connectivity index (χ0) is 28.6. The van der Waals surface area contributed by atoms with Crippen LogP contribution in [0.5, 0.6) is 11.5 Å². The number of nitrogens with zero attached hydrogens (tertiary/aromatic N) is 2. The van der Waals surface area contributed by atoms with E-state index in [4.69, 9.17) is 9.47 Å². The topological polar surface area (TPSA) is 89.0 Å². The molecule has 1 amide bonds. The number of aromatic nitrogens is 1. The molecule has 0 spiro atoms. The maximum Gasteiger partial charge on any atom is 0.295 e. The summed E-state index contributed by atoms with van der Waals surface area (Å²) in [5, 5.41) is 11.5. The number of hydrogen-bond acceptors (Lipinski definition) is 6. The summed E-state index contributed by atoms with van der Waals surface area (Å²) >= 11 is 0. The lowest BCUT2D eigenvalue weighted by Crippen LogP contribution is -2.29. The fourth-order valence-corrected chi connectivity index (χ4v) is 4.78. The van der Waals surface area contributed by atoms with Gasteiger partial charge in [-0.05, 0) is 59.5 Å². The van der Waals surface area contributed by atoms with E-state index in [2.05, 4.69) is 11.9 Å². The van der Waals surface area contributed by atoms with Crippen molar-refractivity contribution in [2.24, 2.45) is 0 Å². The highest BCUT2D eigenvalue weighted by molar-refractivity contribution is 6.46. The minimum absolute atomic E-state index is 0.0349. The van der Waals surface area contributed by atoms with Gasteiger partial charge >= 0.3 is 0 Å². The monoisotopic (exact) mass is 548 g/mol. The van der Waals surface area contributed by atoms with Crippen molar-refractivity contribution in [3.63, 3.8) is 0 Å². The number of ketones is 1. The van der Waals surface area contributed by atoms with Crippen molar-refractivity contribution in [2.45, 2.75) is 39.0 Å². The Morgan fingerprint density at radius 1 is 0.854 bits per heavy atom. The first kappa shape index (κ1) is 27.6.